The Labute approximate surface area is 95.8 Å². The summed E-state index contributed by atoms with van der Waals surface area (Å²) in [5.74, 6) is 0.167. The van der Waals surface area contributed by atoms with E-state index in [4.69, 9.17) is 0 Å². The summed E-state index contributed by atoms with van der Waals surface area (Å²) < 4.78 is 0. The number of hydrogen-bond donors (Lipinski definition) is 2. The molecule has 0 fully saturated rings. The van der Waals surface area contributed by atoms with Gasteiger partial charge in [0.15, 0.2) is 0 Å². The van der Waals surface area contributed by atoms with Crippen LogP contribution in [0.15, 0.2) is 30.4 Å². The van der Waals surface area contributed by atoms with E-state index in [0.29, 0.717) is 24.3 Å². The molecule has 0 heterocycles. The lowest BCUT2D eigenvalue weighted by atomic mass is 10.1. The molecule has 0 atom stereocenters. The van der Waals surface area contributed by atoms with Gasteiger partial charge in [0.05, 0.1) is 0 Å². The lowest BCUT2D eigenvalue weighted by Crippen LogP contribution is -2.25. The second-order valence-corrected chi connectivity index (χ2v) is 3.91. The molecule has 1 amide bonds. The molecule has 1 aromatic carbocycles. The molecule has 1 rings (SSSR count). The number of phenols is 1. The molecule has 0 aliphatic rings. The molecule has 0 spiro atoms. The highest BCUT2D eigenvalue weighted by Gasteiger charge is 2.02. The van der Waals surface area contributed by atoms with Crippen LogP contribution in [0, 0.1) is 6.92 Å². The van der Waals surface area contributed by atoms with Gasteiger partial charge < -0.3 is 10.4 Å². The molecule has 0 saturated heterocycles. The predicted molar refractivity (Wildman–Crippen MR) is 64.4 cm³/mol. The van der Waals surface area contributed by atoms with Crippen molar-refractivity contribution in [3.8, 4) is 5.75 Å². The molecular formula is C13H17NO2. The van der Waals surface area contributed by atoms with Crippen molar-refractivity contribution >= 4 is 5.91 Å². The zero-order valence-electron chi connectivity index (χ0n) is 9.71. The molecule has 3 heteroatoms. The predicted octanol–water partition coefficient (Wildman–Crippen LogP) is 1.94. The van der Waals surface area contributed by atoms with Crippen molar-refractivity contribution in [2.45, 2.75) is 20.3 Å². The van der Waals surface area contributed by atoms with Gasteiger partial charge in [0.25, 0.3) is 0 Å². The first-order valence-electron chi connectivity index (χ1n) is 5.23. The molecule has 0 aliphatic carbocycles. The summed E-state index contributed by atoms with van der Waals surface area (Å²) in [6, 6.07) is 5.54. The largest absolute Gasteiger partial charge is 0.508 e. The Balaban J connectivity index is 2.46. The topological polar surface area (TPSA) is 49.3 Å². The Morgan fingerprint density at radius 2 is 2.19 bits per heavy atom. The van der Waals surface area contributed by atoms with E-state index in [1.807, 2.05) is 19.1 Å². The van der Waals surface area contributed by atoms with Gasteiger partial charge in [0.2, 0.25) is 5.91 Å². The van der Waals surface area contributed by atoms with Gasteiger partial charge in [-0.3, -0.25) is 4.79 Å². The number of hydrogen-bond acceptors (Lipinski definition) is 2. The monoisotopic (exact) mass is 219 g/mol. The Bertz CT molecular complexity index is 410. The number of nitrogens with one attached hydrogen (secondary N) is 1. The highest BCUT2D eigenvalue weighted by atomic mass is 16.3. The van der Waals surface area contributed by atoms with Crippen LogP contribution >= 0.6 is 0 Å². The van der Waals surface area contributed by atoms with Crippen LogP contribution in [-0.4, -0.2) is 17.6 Å². The smallest absolute Gasteiger partial charge is 0.246 e. The van der Waals surface area contributed by atoms with E-state index in [1.54, 1.807) is 13.0 Å². The second-order valence-electron chi connectivity index (χ2n) is 3.91. The molecule has 3 nitrogen and oxygen atoms in total. The number of aryl methyl sites for hydroxylation is 1. The average molecular weight is 219 g/mol. The summed E-state index contributed by atoms with van der Waals surface area (Å²) in [5.41, 5.74) is 2.37. The fraction of sp³-hybridized carbons (Fsp3) is 0.308. The molecule has 0 unspecified atom stereocenters. The molecular weight excluding hydrogens is 202 g/mol. The fourth-order valence-corrected chi connectivity index (χ4v) is 1.28. The van der Waals surface area contributed by atoms with Crippen molar-refractivity contribution in [1.29, 1.82) is 0 Å². The van der Waals surface area contributed by atoms with E-state index < -0.39 is 0 Å². The molecule has 0 aromatic heterocycles. The minimum atomic E-state index is -0.128. The third-order valence-electron chi connectivity index (χ3n) is 2.36. The average Bonchev–Trinajstić information content (AvgIpc) is 2.23. The van der Waals surface area contributed by atoms with Gasteiger partial charge in [-0.05, 0) is 37.5 Å². The van der Waals surface area contributed by atoms with Crippen molar-refractivity contribution in [2.24, 2.45) is 0 Å². The Hall–Kier alpha value is -1.77. The van der Waals surface area contributed by atoms with Crippen LogP contribution in [-0.2, 0) is 11.2 Å². The minimum Gasteiger partial charge on any atom is -0.508 e. The Kier molecular flexibility index (Phi) is 4.11. The third kappa shape index (κ3) is 3.42. The van der Waals surface area contributed by atoms with Gasteiger partial charge in [-0.1, -0.05) is 18.7 Å². The van der Waals surface area contributed by atoms with E-state index in [1.165, 1.54) is 0 Å². The summed E-state index contributed by atoms with van der Waals surface area (Å²) in [7, 11) is 0. The number of carbonyl (C=O) groups excluding carboxylic acids is 1. The van der Waals surface area contributed by atoms with E-state index in [0.717, 1.165) is 11.1 Å². The van der Waals surface area contributed by atoms with Crippen LogP contribution in [0.2, 0.25) is 0 Å². The zero-order valence-corrected chi connectivity index (χ0v) is 9.71. The van der Waals surface area contributed by atoms with E-state index in [9.17, 15) is 9.90 Å². The lowest BCUT2D eigenvalue weighted by molar-refractivity contribution is -0.117. The number of amides is 1. The maximum Gasteiger partial charge on any atom is 0.246 e. The van der Waals surface area contributed by atoms with E-state index in [2.05, 4.69) is 11.9 Å². The highest BCUT2D eigenvalue weighted by molar-refractivity contribution is 5.92. The number of carbonyl (C=O) groups is 1. The maximum atomic E-state index is 11.2. The molecule has 0 saturated carbocycles. The first-order chi connectivity index (χ1) is 7.50. The van der Waals surface area contributed by atoms with Crippen molar-refractivity contribution < 1.29 is 9.90 Å². The van der Waals surface area contributed by atoms with Crippen LogP contribution in [0.4, 0.5) is 0 Å². The second kappa shape index (κ2) is 5.35. The van der Waals surface area contributed by atoms with Crippen LogP contribution < -0.4 is 5.32 Å². The first kappa shape index (κ1) is 12.3. The van der Waals surface area contributed by atoms with Crippen LogP contribution in [0.3, 0.4) is 0 Å². The van der Waals surface area contributed by atoms with Crippen molar-refractivity contribution in [3.63, 3.8) is 0 Å². The van der Waals surface area contributed by atoms with Crippen molar-refractivity contribution in [3.05, 3.63) is 41.5 Å². The van der Waals surface area contributed by atoms with Gasteiger partial charge in [-0.25, -0.2) is 0 Å². The summed E-state index contributed by atoms with van der Waals surface area (Å²) in [4.78, 5) is 11.2. The van der Waals surface area contributed by atoms with Crippen molar-refractivity contribution in [1.82, 2.24) is 5.32 Å². The molecule has 1 aromatic rings. The van der Waals surface area contributed by atoms with Gasteiger partial charge in [0.1, 0.15) is 5.75 Å². The maximum absolute atomic E-state index is 11.2. The van der Waals surface area contributed by atoms with Gasteiger partial charge in [-0.15, -0.1) is 0 Å². The SMILES string of the molecule is C=C(C)C(=O)NCCc1ccc(C)c(O)c1. The molecule has 16 heavy (non-hydrogen) atoms. The highest BCUT2D eigenvalue weighted by Crippen LogP contribution is 2.17. The first-order valence-corrected chi connectivity index (χ1v) is 5.23. The van der Waals surface area contributed by atoms with Gasteiger partial charge in [-0.2, -0.15) is 0 Å². The number of rotatable bonds is 4. The molecule has 0 bridgehead atoms. The fourth-order valence-electron chi connectivity index (χ4n) is 1.28. The number of phenolic OH excluding ortho intramolecular Hbond substituents is 1. The zero-order chi connectivity index (χ0) is 12.1. The van der Waals surface area contributed by atoms with Gasteiger partial charge >= 0.3 is 0 Å². The van der Waals surface area contributed by atoms with E-state index in [-0.39, 0.29) is 5.91 Å². The van der Waals surface area contributed by atoms with Crippen LogP contribution in [0.5, 0.6) is 5.75 Å². The third-order valence-corrected chi connectivity index (χ3v) is 2.36. The van der Waals surface area contributed by atoms with Crippen molar-refractivity contribution in [2.75, 3.05) is 6.54 Å². The quantitative estimate of drug-likeness (QED) is 0.760. The standard InChI is InChI=1S/C13H17NO2/c1-9(2)13(16)14-7-6-11-5-4-10(3)12(15)8-11/h4-5,8,15H,1,6-7H2,2-3H3,(H,14,16). The molecule has 86 valence electrons. The van der Waals surface area contributed by atoms with E-state index >= 15 is 0 Å². The van der Waals surface area contributed by atoms with Crippen LogP contribution in [0.1, 0.15) is 18.1 Å². The molecule has 2 N–H and O–H groups in total. The van der Waals surface area contributed by atoms with Crippen LogP contribution in [0.25, 0.3) is 0 Å². The lowest BCUT2D eigenvalue weighted by Gasteiger charge is -2.06. The Morgan fingerprint density at radius 1 is 1.50 bits per heavy atom. The van der Waals surface area contributed by atoms with Gasteiger partial charge in [0, 0.05) is 12.1 Å². The summed E-state index contributed by atoms with van der Waals surface area (Å²) >= 11 is 0. The molecule has 0 aliphatic heterocycles. The number of benzene rings is 1. The molecule has 0 radical (unpaired) electrons. The summed E-state index contributed by atoms with van der Waals surface area (Å²) in [5, 5.41) is 12.2. The summed E-state index contributed by atoms with van der Waals surface area (Å²) in [6.07, 6.45) is 0.701. The Morgan fingerprint density at radius 3 is 2.75 bits per heavy atom. The number of aromatic hydroxyl groups is 1. The minimum absolute atomic E-state index is 0.128. The summed E-state index contributed by atoms with van der Waals surface area (Å²) in [6.45, 7) is 7.63. The normalized spacial score (nSPS) is 9.88.